The Hall–Kier alpha value is -1.59. The second-order valence-corrected chi connectivity index (χ2v) is 7.59. The van der Waals surface area contributed by atoms with Crippen LogP contribution in [0.1, 0.15) is 0 Å². The molecular weight excluding hydrogens is 380 g/mol. The minimum Gasteiger partial charge on any atom is -0.227 e. The second kappa shape index (κ2) is 6.13. The molecule has 2 aromatic carbocycles. The summed E-state index contributed by atoms with van der Waals surface area (Å²) in [5.41, 5.74) is 0. The van der Waals surface area contributed by atoms with E-state index in [0.29, 0.717) is 12.1 Å². The molecule has 0 aliphatic rings. The Kier molecular flexibility index (Phi) is 4.74. The first-order valence-corrected chi connectivity index (χ1v) is 8.73. The van der Waals surface area contributed by atoms with Crippen molar-refractivity contribution in [2.24, 2.45) is 0 Å². The van der Waals surface area contributed by atoms with Gasteiger partial charge in [0, 0.05) is 0 Å². The van der Waals surface area contributed by atoms with Gasteiger partial charge in [-0.2, -0.15) is 0 Å². The SMILES string of the molecule is O=[SH](=O)c1c(F)cc(S(=O)(=O)c2cc(F)c(S)c(F)c2)cc1F. The Morgan fingerprint density at radius 1 is 0.783 bits per heavy atom. The standard InChI is InChI=1S/C12H6F4O4S3/c13-7-1-5(2-8(14)11(7)21)23(19,20)6-3-9(15)12(22(17)18)10(16)4-6/h1-4,21-22H. The summed E-state index contributed by atoms with van der Waals surface area (Å²) in [5.74, 6) is -5.84. The van der Waals surface area contributed by atoms with E-state index in [9.17, 15) is 34.4 Å². The highest BCUT2D eigenvalue weighted by Gasteiger charge is 2.25. The molecule has 0 spiro atoms. The van der Waals surface area contributed by atoms with Gasteiger partial charge in [0.15, 0.2) is 10.7 Å². The highest BCUT2D eigenvalue weighted by molar-refractivity contribution is 7.91. The van der Waals surface area contributed by atoms with E-state index in [0.717, 1.165) is 0 Å². The molecule has 4 nitrogen and oxygen atoms in total. The summed E-state index contributed by atoms with van der Waals surface area (Å²) in [5, 5.41) is 0. The van der Waals surface area contributed by atoms with Crippen molar-refractivity contribution in [1.82, 2.24) is 0 Å². The molecular formula is C12H6F4O4S3. The maximum atomic E-state index is 13.6. The van der Waals surface area contributed by atoms with Crippen molar-refractivity contribution in [3.05, 3.63) is 47.5 Å². The quantitative estimate of drug-likeness (QED) is 0.628. The number of hydrogen-bond donors (Lipinski definition) is 2. The van der Waals surface area contributed by atoms with Gasteiger partial charge in [0.2, 0.25) is 9.84 Å². The lowest BCUT2D eigenvalue weighted by Gasteiger charge is -2.08. The van der Waals surface area contributed by atoms with Crippen LogP contribution in [0.5, 0.6) is 0 Å². The van der Waals surface area contributed by atoms with Gasteiger partial charge in [0.05, 0.1) is 14.7 Å². The Morgan fingerprint density at radius 2 is 1.13 bits per heavy atom. The average molecular weight is 386 g/mol. The van der Waals surface area contributed by atoms with Crippen LogP contribution in [0.2, 0.25) is 0 Å². The van der Waals surface area contributed by atoms with E-state index in [4.69, 9.17) is 0 Å². The zero-order valence-corrected chi connectivity index (χ0v) is 13.4. The Labute approximate surface area is 135 Å². The van der Waals surface area contributed by atoms with Gasteiger partial charge >= 0.3 is 0 Å². The van der Waals surface area contributed by atoms with Gasteiger partial charge in [-0.25, -0.2) is 34.4 Å². The molecule has 2 rings (SSSR count). The average Bonchev–Trinajstić information content (AvgIpc) is 2.42. The number of hydrogen-bond acceptors (Lipinski definition) is 5. The molecule has 0 amide bonds. The van der Waals surface area contributed by atoms with Crippen LogP contribution in [0.4, 0.5) is 17.6 Å². The fourth-order valence-electron chi connectivity index (χ4n) is 1.71. The Bertz CT molecular complexity index is 930. The van der Waals surface area contributed by atoms with E-state index in [1.165, 1.54) is 0 Å². The summed E-state index contributed by atoms with van der Waals surface area (Å²) < 4.78 is 99.8. The lowest BCUT2D eigenvalue weighted by molar-refractivity contribution is 0.516. The van der Waals surface area contributed by atoms with Crippen LogP contribution < -0.4 is 0 Å². The van der Waals surface area contributed by atoms with Gasteiger partial charge in [-0.05, 0) is 24.3 Å². The first-order chi connectivity index (χ1) is 10.6. The third kappa shape index (κ3) is 3.21. The van der Waals surface area contributed by atoms with Crippen molar-refractivity contribution in [2.45, 2.75) is 19.6 Å². The van der Waals surface area contributed by atoms with Crippen molar-refractivity contribution in [3.8, 4) is 0 Å². The predicted octanol–water partition coefficient (Wildman–Crippen LogP) is 2.33. The fourth-order valence-corrected chi connectivity index (χ4v) is 3.62. The molecule has 0 radical (unpaired) electrons. The van der Waals surface area contributed by atoms with Gasteiger partial charge in [-0.1, -0.05) is 0 Å². The summed E-state index contributed by atoms with van der Waals surface area (Å²) in [4.78, 5) is -3.91. The molecule has 0 aromatic heterocycles. The monoisotopic (exact) mass is 386 g/mol. The van der Waals surface area contributed by atoms with Crippen LogP contribution in [0.25, 0.3) is 0 Å². The van der Waals surface area contributed by atoms with Crippen LogP contribution in [-0.4, -0.2) is 16.8 Å². The summed E-state index contributed by atoms with van der Waals surface area (Å²) in [6.07, 6.45) is 0. The minimum atomic E-state index is -4.68. The molecule has 0 heterocycles. The summed E-state index contributed by atoms with van der Waals surface area (Å²) in [6, 6.07) is 1.36. The van der Waals surface area contributed by atoms with Gasteiger partial charge < -0.3 is 0 Å². The van der Waals surface area contributed by atoms with E-state index in [1.807, 2.05) is 0 Å². The van der Waals surface area contributed by atoms with Gasteiger partial charge in [0.1, 0.15) is 28.2 Å². The van der Waals surface area contributed by atoms with Gasteiger partial charge in [0.25, 0.3) is 0 Å². The largest absolute Gasteiger partial charge is 0.227 e. The van der Waals surface area contributed by atoms with E-state index in [2.05, 4.69) is 12.6 Å². The zero-order valence-electron chi connectivity index (χ0n) is 10.8. The Morgan fingerprint density at radius 3 is 1.48 bits per heavy atom. The summed E-state index contributed by atoms with van der Waals surface area (Å²) >= 11 is 3.48. The molecule has 0 N–H and O–H groups in total. The first kappa shape index (κ1) is 17.8. The molecule has 11 heteroatoms. The minimum absolute atomic E-state index is 0.253. The Balaban J connectivity index is 2.71. The zero-order chi connectivity index (χ0) is 17.5. The lowest BCUT2D eigenvalue weighted by Crippen LogP contribution is -2.06. The van der Waals surface area contributed by atoms with Crippen LogP contribution in [0, 0.1) is 23.3 Å². The number of thiol groups is 2. The van der Waals surface area contributed by atoms with Crippen molar-refractivity contribution in [2.75, 3.05) is 0 Å². The smallest absolute Gasteiger partial charge is 0.207 e. The maximum absolute atomic E-state index is 13.6. The first-order valence-electron chi connectivity index (χ1n) is 5.62. The fraction of sp³-hybridized carbons (Fsp3) is 0. The third-order valence-corrected chi connectivity index (χ3v) is 5.72. The van der Waals surface area contributed by atoms with E-state index in [-0.39, 0.29) is 12.1 Å². The number of benzene rings is 2. The predicted molar refractivity (Wildman–Crippen MR) is 74.0 cm³/mol. The van der Waals surface area contributed by atoms with Crippen LogP contribution in [-0.2, 0) is 20.5 Å². The third-order valence-electron chi connectivity index (χ3n) is 2.78. The molecule has 0 saturated heterocycles. The van der Waals surface area contributed by atoms with Crippen molar-refractivity contribution >= 4 is 33.2 Å². The highest BCUT2D eigenvalue weighted by atomic mass is 32.2. The molecule has 124 valence electrons. The van der Waals surface area contributed by atoms with Crippen LogP contribution >= 0.6 is 12.6 Å². The lowest BCUT2D eigenvalue weighted by atomic mass is 10.3. The number of halogens is 4. The molecule has 0 fully saturated rings. The van der Waals surface area contributed by atoms with E-state index < -0.39 is 63.4 Å². The molecule has 0 aliphatic carbocycles. The molecule has 23 heavy (non-hydrogen) atoms. The van der Waals surface area contributed by atoms with E-state index >= 15 is 0 Å². The molecule has 0 bridgehead atoms. The van der Waals surface area contributed by atoms with Crippen molar-refractivity contribution < 1.29 is 34.4 Å². The normalized spacial score (nSPS) is 11.9. The molecule has 0 saturated carbocycles. The van der Waals surface area contributed by atoms with Crippen LogP contribution in [0.15, 0.2) is 43.8 Å². The van der Waals surface area contributed by atoms with Gasteiger partial charge in [-0.15, -0.1) is 12.6 Å². The molecule has 0 unspecified atom stereocenters. The second-order valence-electron chi connectivity index (χ2n) is 4.23. The number of sulfone groups is 1. The molecule has 0 atom stereocenters. The molecule has 2 aromatic rings. The molecule has 0 aliphatic heterocycles. The summed E-state index contributed by atoms with van der Waals surface area (Å²) in [7, 11) is -8.31. The van der Waals surface area contributed by atoms with E-state index in [1.54, 1.807) is 0 Å². The maximum Gasteiger partial charge on any atom is 0.207 e. The highest BCUT2D eigenvalue weighted by Crippen LogP contribution is 2.28. The number of rotatable bonds is 3. The summed E-state index contributed by atoms with van der Waals surface area (Å²) in [6.45, 7) is 0. The topological polar surface area (TPSA) is 68.3 Å². The van der Waals surface area contributed by atoms with Gasteiger partial charge in [-0.3, -0.25) is 0 Å². The van der Waals surface area contributed by atoms with Crippen molar-refractivity contribution in [1.29, 1.82) is 0 Å². The van der Waals surface area contributed by atoms with Crippen molar-refractivity contribution in [3.63, 3.8) is 0 Å². The van der Waals surface area contributed by atoms with Crippen LogP contribution in [0.3, 0.4) is 0 Å².